The van der Waals surface area contributed by atoms with Gasteiger partial charge in [-0.3, -0.25) is 0 Å². The van der Waals surface area contributed by atoms with Gasteiger partial charge in [0, 0.05) is 0 Å². The van der Waals surface area contributed by atoms with Gasteiger partial charge in [-0.1, -0.05) is 29.8 Å². The fourth-order valence-electron chi connectivity index (χ4n) is 1.08. The Morgan fingerprint density at radius 2 is 2.33 bits per heavy atom. The van der Waals surface area contributed by atoms with Crippen molar-refractivity contribution in [3.05, 3.63) is 34.9 Å². The number of thiocarbonyl (C=S) groups is 1. The normalized spacial score (nSPS) is 10.3. The molecule has 0 aliphatic heterocycles. The molecule has 0 amide bonds. The third-order valence-corrected chi connectivity index (χ3v) is 2.18. The van der Waals surface area contributed by atoms with Crippen molar-refractivity contribution in [2.24, 2.45) is 10.7 Å². The molecular formula is C11H11ClN2S. The lowest BCUT2D eigenvalue weighted by atomic mass is 10.2. The van der Waals surface area contributed by atoms with E-state index in [0.29, 0.717) is 17.3 Å². The lowest BCUT2D eigenvalue weighted by Gasteiger charge is -1.98. The van der Waals surface area contributed by atoms with Gasteiger partial charge in [-0.25, -0.2) is 0 Å². The van der Waals surface area contributed by atoms with Crippen LogP contribution >= 0.6 is 23.8 Å². The second-order valence-electron chi connectivity index (χ2n) is 2.89. The molecule has 0 aliphatic carbocycles. The topological polar surface area (TPSA) is 38.4 Å². The number of nitrogens with zero attached hydrogens (tertiary/aromatic N) is 1. The molecule has 78 valence electrons. The van der Waals surface area contributed by atoms with Gasteiger partial charge in [-0.05, 0) is 42.9 Å². The summed E-state index contributed by atoms with van der Waals surface area (Å²) in [5, 5.41) is 2.86. The molecule has 1 aromatic rings. The Hall–Kier alpha value is -0.990. The molecule has 0 aliphatic rings. The Balaban J connectivity index is 2.86. The van der Waals surface area contributed by atoms with E-state index in [-0.39, 0.29) is 0 Å². The molecule has 0 bridgehead atoms. The van der Waals surface area contributed by atoms with E-state index in [0.717, 1.165) is 12.0 Å². The quantitative estimate of drug-likeness (QED) is 0.645. The first-order valence-corrected chi connectivity index (χ1v) is 5.30. The number of benzene rings is 1. The van der Waals surface area contributed by atoms with Crippen LogP contribution < -0.4 is 5.73 Å². The van der Waals surface area contributed by atoms with Gasteiger partial charge < -0.3 is 5.73 Å². The Bertz CT molecular complexity index is 409. The van der Waals surface area contributed by atoms with E-state index in [1.807, 2.05) is 30.4 Å². The predicted octanol–water partition coefficient (Wildman–Crippen LogP) is 3.44. The minimum Gasteiger partial charge on any atom is -0.330 e. The van der Waals surface area contributed by atoms with Crippen LogP contribution in [0.4, 0.5) is 5.69 Å². The molecule has 1 rings (SSSR count). The van der Waals surface area contributed by atoms with E-state index in [4.69, 9.17) is 17.3 Å². The maximum atomic E-state index is 5.98. The molecule has 0 unspecified atom stereocenters. The summed E-state index contributed by atoms with van der Waals surface area (Å²) in [7, 11) is 0. The van der Waals surface area contributed by atoms with Crippen molar-refractivity contribution in [1.82, 2.24) is 0 Å². The summed E-state index contributed by atoms with van der Waals surface area (Å²) in [6.07, 6.45) is 4.84. The van der Waals surface area contributed by atoms with Gasteiger partial charge >= 0.3 is 0 Å². The van der Waals surface area contributed by atoms with Crippen molar-refractivity contribution in [3.8, 4) is 0 Å². The Morgan fingerprint density at radius 1 is 1.53 bits per heavy atom. The van der Waals surface area contributed by atoms with Gasteiger partial charge in [0.1, 0.15) is 0 Å². The second kappa shape index (κ2) is 6.49. The first-order valence-electron chi connectivity index (χ1n) is 4.52. The minimum atomic E-state index is 0.572. The molecule has 0 fully saturated rings. The smallest absolute Gasteiger partial charge is 0.0926 e. The van der Waals surface area contributed by atoms with Crippen LogP contribution in [0.3, 0.4) is 0 Å². The van der Waals surface area contributed by atoms with Crippen LogP contribution in [0.5, 0.6) is 0 Å². The standard InChI is InChI=1S/C11H11ClN2S/c12-10-7-9(3-1-2-6-13)4-5-11(10)14-8-15/h1,3-5,7H,2,6,13H2. The summed E-state index contributed by atoms with van der Waals surface area (Å²) in [5.41, 5.74) is 7.04. The summed E-state index contributed by atoms with van der Waals surface area (Å²) >= 11 is 10.5. The average Bonchev–Trinajstić information content (AvgIpc) is 2.23. The lowest BCUT2D eigenvalue weighted by molar-refractivity contribution is 1.01. The summed E-state index contributed by atoms with van der Waals surface area (Å²) in [4.78, 5) is 3.83. The van der Waals surface area contributed by atoms with E-state index >= 15 is 0 Å². The van der Waals surface area contributed by atoms with Crippen LogP contribution in [0.15, 0.2) is 29.3 Å². The number of rotatable bonds is 4. The van der Waals surface area contributed by atoms with Crippen molar-refractivity contribution in [3.63, 3.8) is 0 Å². The molecule has 0 saturated carbocycles. The van der Waals surface area contributed by atoms with Crippen LogP contribution in [0, 0.1) is 0 Å². The first kappa shape index (κ1) is 12.1. The molecule has 0 saturated heterocycles. The number of aliphatic imine (C=N–C) groups is 1. The maximum Gasteiger partial charge on any atom is 0.0926 e. The minimum absolute atomic E-state index is 0.572. The van der Waals surface area contributed by atoms with Crippen LogP contribution in [-0.2, 0) is 0 Å². The monoisotopic (exact) mass is 238 g/mol. The van der Waals surface area contributed by atoms with E-state index in [1.54, 1.807) is 0 Å². The highest BCUT2D eigenvalue weighted by Gasteiger charge is 1.97. The van der Waals surface area contributed by atoms with Crippen LogP contribution in [-0.4, -0.2) is 11.7 Å². The fourth-order valence-corrected chi connectivity index (χ4v) is 1.41. The van der Waals surface area contributed by atoms with Gasteiger partial charge in [0.05, 0.1) is 15.9 Å². The van der Waals surface area contributed by atoms with Crippen molar-refractivity contribution < 1.29 is 0 Å². The van der Waals surface area contributed by atoms with E-state index in [2.05, 4.69) is 22.4 Å². The van der Waals surface area contributed by atoms with Gasteiger partial charge in [-0.15, -0.1) is 0 Å². The van der Waals surface area contributed by atoms with Crippen molar-refractivity contribution >= 4 is 40.7 Å². The molecule has 0 spiro atoms. The summed E-state index contributed by atoms with van der Waals surface area (Å²) in [6.45, 7) is 0.650. The zero-order valence-electron chi connectivity index (χ0n) is 8.11. The zero-order valence-corrected chi connectivity index (χ0v) is 9.68. The Morgan fingerprint density at radius 3 is 2.93 bits per heavy atom. The summed E-state index contributed by atoms with van der Waals surface area (Å²) in [5.74, 6) is 0. The van der Waals surface area contributed by atoms with Gasteiger partial charge in [-0.2, -0.15) is 4.99 Å². The van der Waals surface area contributed by atoms with Crippen molar-refractivity contribution in [2.45, 2.75) is 6.42 Å². The number of isothiocyanates is 1. The molecule has 0 atom stereocenters. The van der Waals surface area contributed by atoms with E-state index in [1.165, 1.54) is 0 Å². The molecule has 2 N–H and O–H groups in total. The number of hydrogen-bond donors (Lipinski definition) is 1. The molecule has 4 heteroatoms. The number of hydrogen-bond acceptors (Lipinski definition) is 3. The SMILES string of the molecule is NCCC=Cc1ccc(N=C=S)c(Cl)c1. The number of nitrogens with two attached hydrogens (primary N) is 1. The third-order valence-electron chi connectivity index (χ3n) is 1.78. The highest BCUT2D eigenvalue weighted by molar-refractivity contribution is 7.78. The lowest BCUT2D eigenvalue weighted by Crippen LogP contribution is -1.94. The van der Waals surface area contributed by atoms with Crippen molar-refractivity contribution in [1.29, 1.82) is 0 Å². The fraction of sp³-hybridized carbons (Fsp3) is 0.182. The van der Waals surface area contributed by atoms with Crippen LogP contribution in [0.2, 0.25) is 5.02 Å². The molecule has 1 aromatic carbocycles. The first-order chi connectivity index (χ1) is 7.27. The Kier molecular flexibility index (Phi) is 5.22. The molecular weight excluding hydrogens is 228 g/mol. The maximum absolute atomic E-state index is 5.98. The second-order valence-corrected chi connectivity index (χ2v) is 3.48. The Labute approximate surface area is 99.5 Å². The summed E-state index contributed by atoms with van der Waals surface area (Å²) < 4.78 is 0. The van der Waals surface area contributed by atoms with Gasteiger partial charge in [0.15, 0.2) is 0 Å². The molecule has 0 aromatic heterocycles. The molecule has 0 radical (unpaired) electrons. The van der Waals surface area contributed by atoms with Crippen molar-refractivity contribution in [2.75, 3.05) is 6.54 Å². The van der Waals surface area contributed by atoms with Gasteiger partial charge in [0.2, 0.25) is 0 Å². The molecule has 2 nitrogen and oxygen atoms in total. The largest absolute Gasteiger partial charge is 0.330 e. The van der Waals surface area contributed by atoms with E-state index in [9.17, 15) is 0 Å². The highest BCUT2D eigenvalue weighted by atomic mass is 35.5. The predicted molar refractivity (Wildman–Crippen MR) is 68.8 cm³/mol. The zero-order chi connectivity index (χ0) is 11.1. The highest BCUT2D eigenvalue weighted by Crippen LogP contribution is 2.25. The molecule has 0 heterocycles. The average molecular weight is 239 g/mol. The third kappa shape index (κ3) is 3.94. The van der Waals surface area contributed by atoms with E-state index < -0.39 is 0 Å². The number of halogens is 1. The van der Waals surface area contributed by atoms with Gasteiger partial charge in [0.25, 0.3) is 0 Å². The molecule has 15 heavy (non-hydrogen) atoms. The van der Waals surface area contributed by atoms with Crippen LogP contribution in [0.1, 0.15) is 12.0 Å². The summed E-state index contributed by atoms with van der Waals surface area (Å²) in [6, 6.07) is 5.56. The van der Waals surface area contributed by atoms with Crippen LogP contribution in [0.25, 0.3) is 6.08 Å².